The van der Waals surface area contributed by atoms with Crippen molar-refractivity contribution < 1.29 is 9.53 Å². The number of ether oxygens (including phenoxy) is 1. The summed E-state index contributed by atoms with van der Waals surface area (Å²) in [6.45, 7) is 2.22. The fourth-order valence-electron chi connectivity index (χ4n) is 2.63. The van der Waals surface area contributed by atoms with Crippen LogP contribution in [-0.4, -0.2) is 17.6 Å². The molecule has 0 bridgehead atoms. The van der Waals surface area contributed by atoms with Gasteiger partial charge in [0.15, 0.2) is 0 Å². The van der Waals surface area contributed by atoms with Crippen molar-refractivity contribution in [2.45, 2.75) is 13.3 Å². The number of benzene rings is 1. The Morgan fingerprint density at radius 1 is 1.20 bits per heavy atom. The molecule has 0 aliphatic heterocycles. The molecule has 0 atom stereocenters. The molecule has 3 nitrogen and oxygen atoms in total. The van der Waals surface area contributed by atoms with Crippen LogP contribution in [0.1, 0.15) is 11.8 Å². The molecule has 0 spiro atoms. The van der Waals surface area contributed by atoms with Gasteiger partial charge in [0.1, 0.15) is 5.01 Å². The number of thiophene rings is 2. The first-order chi connectivity index (χ1) is 12.2. The Morgan fingerprint density at radius 2 is 2.08 bits per heavy atom. The number of rotatable bonds is 5. The Morgan fingerprint density at radius 3 is 2.84 bits per heavy atom. The fraction of sp³-hybridized carbons (Fsp3) is 0.158. The van der Waals surface area contributed by atoms with Gasteiger partial charge in [-0.1, -0.05) is 18.2 Å². The first kappa shape index (κ1) is 16.4. The highest BCUT2D eigenvalue weighted by molar-refractivity contribution is 7.26. The van der Waals surface area contributed by atoms with Crippen molar-refractivity contribution in [1.29, 1.82) is 0 Å². The lowest BCUT2D eigenvalue weighted by Gasteiger charge is -2.01. The van der Waals surface area contributed by atoms with Crippen LogP contribution >= 0.6 is 34.0 Å². The smallest absolute Gasteiger partial charge is 0.311 e. The molecule has 0 aliphatic rings. The number of esters is 1. The normalized spacial score (nSPS) is 11.1. The number of nitrogens with zero attached hydrogens (tertiary/aromatic N) is 1. The molecule has 0 fully saturated rings. The molecule has 0 N–H and O–H groups in total. The number of aromatic nitrogens is 1. The van der Waals surface area contributed by atoms with E-state index in [1.807, 2.05) is 30.5 Å². The van der Waals surface area contributed by atoms with Gasteiger partial charge in [-0.15, -0.1) is 22.7 Å². The molecule has 25 heavy (non-hydrogen) atoms. The van der Waals surface area contributed by atoms with Crippen LogP contribution in [0, 0.1) is 0 Å². The standard InChI is InChI=1S/C19H15NO2S3/c1-2-22-17(21)10-15-18(13-7-8-23-11-13)20-19(25-15)16-9-12-5-3-4-6-14(12)24-16/h3-9,11H,2,10H2,1H3. The van der Waals surface area contributed by atoms with E-state index in [2.05, 4.69) is 23.6 Å². The van der Waals surface area contributed by atoms with Crippen molar-refractivity contribution in [2.24, 2.45) is 0 Å². The third-order valence-corrected chi connectivity index (χ3v) is 6.76. The molecule has 1 aromatic carbocycles. The van der Waals surface area contributed by atoms with Crippen LogP contribution in [0.5, 0.6) is 0 Å². The van der Waals surface area contributed by atoms with Crippen molar-refractivity contribution in [3.63, 3.8) is 0 Å². The minimum Gasteiger partial charge on any atom is -0.466 e. The summed E-state index contributed by atoms with van der Waals surface area (Å²) in [7, 11) is 0. The lowest BCUT2D eigenvalue weighted by atomic mass is 10.2. The van der Waals surface area contributed by atoms with Gasteiger partial charge < -0.3 is 4.74 Å². The first-order valence-corrected chi connectivity index (χ1v) is 10.5. The molecule has 4 rings (SSSR count). The molecule has 0 radical (unpaired) electrons. The van der Waals surface area contributed by atoms with E-state index >= 15 is 0 Å². The zero-order chi connectivity index (χ0) is 17.2. The maximum atomic E-state index is 12.0. The van der Waals surface area contributed by atoms with E-state index in [0.29, 0.717) is 6.61 Å². The summed E-state index contributed by atoms with van der Waals surface area (Å²) in [4.78, 5) is 18.9. The van der Waals surface area contributed by atoms with Crippen LogP contribution in [-0.2, 0) is 16.0 Å². The van der Waals surface area contributed by atoms with Crippen molar-refractivity contribution in [3.05, 3.63) is 52.0 Å². The van der Waals surface area contributed by atoms with E-state index in [-0.39, 0.29) is 12.4 Å². The summed E-state index contributed by atoms with van der Waals surface area (Å²) in [6.07, 6.45) is 0.265. The van der Waals surface area contributed by atoms with Gasteiger partial charge in [0.2, 0.25) is 0 Å². The minimum atomic E-state index is -0.203. The van der Waals surface area contributed by atoms with Crippen molar-refractivity contribution in [2.75, 3.05) is 6.61 Å². The van der Waals surface area contributed by atoms with E-state index in [1.165, 1.54) is 10.1 Å². The van der Waals surface area contributed by atoms with Crippen molar-refractivity contribution in [3.8, 4) is 21.1 Å². The van der Waals surface area contributed by atoms with Crippen LogP contribution < -0.4 is 0 Å². The largest absolute Gasteiger partial charge is 0.466 e. The molecule has 0 unspecified atom stereocenters. The second-order valence-corrected chi connectivity index (χ2v) is 8.38. The van der Waals surface area contributed by atoms with Gasteiger partial charge >= 0.3 is 5.97 Å². The predicted octanol–water partition coefficient (Wildman–Crippen LogP) is 5.86. The van der Waals surface area contributed by atoms with Gasteiger partial charge in [-0.3, -0.25) is 4.79 Å². The van der Waals surface area contributed by atoms with Crippen LogP contribution in [0.4, 0.5) is 0 Å². The Bertz CT molecular complexity index is 982. The molecule has 0 aliphatic carbocycles. The van der Waals surface area contributed by atoms with Gasteiger partial charge in [-0.2, -0.15) is 11.3 Å². The van der Waals surface area contributed by atoms with Crippen LogP contribution in [0.3, 0.4) is 0 Å². The summed E-state index contributed by atoms with van der Waals surface area (Å²) in [5, 5.41) is 6.28. The molecule has 0 saturated carbocycles. The van der Waals surface area contributed by atoms with E-state index in [0.717, 1.165) is 26.0 Å². The van der Waals surface area contributed by atoms with Gasteiger partial charge in [0, 0.05) is 20.5 Å². The highest BCUT2D eigenvalue weighted by Gasteiger charge is 2.19. The maximum absolute atomic E-state index is 12.0. The predicted molar refractivity (Wildman–Crippen MR) is 107 cm³/mol. The number of fused-ring (bicyclic) bond motifs is 1. The topological polar surface area (TPSA) is 39.2 Å². The van der Waals surface area contributed by atoms with Gasteiger partial charge in [0.05, 0.1) is 23.6 Å². The third-order valence-electron chi connectivity index (χ3n) is 3.74. The minimum absolute atomic E-state index is 0.203. The SMILES string of the molecule is CCOC(=O)Cc1sc(-c2cc3ccccc3s2)nc1-c1ccsc1. The number of carbonyl (C=O) groups is 1. The molecule has 3 heterocycles. The van der Waals surface area contributed by atoms with Crippen molar-refractivity contribution >= 4 is 50.1 Å². The van der Waals surface area contributed by atoms with E-state index in [9.17, 15) is 4.79 Å². The molecule has 0 amide bonds. The van der Waals surface area contributed by atoms with E-state index in [4.69, 9.17) is 9.72 Å². The van der Waals surface area contributed by atoms with Gasteiger partial charge in [-0.25, -0.2) is 4.98 Å². The Balaban J connectivity index is 1.77. The summed E-state index contributed by atoms with van der Waals surface area (Å²) in [5.41, 5.74) is 1.96. The zero-order valence-corrected chi connectivity index (χ0v) is 16.0. The number of hydrogen-bond acceptors (Lipinski definition) is 6. The fourth-order valence-corrected chi connectivity index (χ4v) is 5.45. The maximum Gasteiger partial charge on any atom is 0.311 e. The second kappa shape index (κ2) is 7.07. The summed E-state index contributed by atoms with van der Waals surface area (Å²) in [5.74, 6) is -0.203. The lowest BCUT2D eigenvalue weighted by Crippen LogP contribution is -2.07. The Labute approximate surface area is 157 Å². The van der Waals surface area contributed by atoms with Crippen LogP contribution in [0.25, 0.3) is 31.2 Å². The average molecular weight is 386 g/mol. The molecule has 4 aromatic rings. The number of carbonyl (C=O) groups excluding carboxylic acids is 1. The van der Waals surface area contributed by atoms with Crippen LogP contribution in [0.2, 0.25) is 0 Å². The number of thiazole rings is 1. The van der Waals surface area contributed by atoms with Crippen LogP contribution in [0.15, 0.2) is 47.2 Å². The highest BCUT2D eigenvalue weighted by Crippen LogP contribution is 2.39. The molecule has 6 heteroatoms. The summed E-state index contributed by atoms with van der Waals surface area (Å²) in [6, 6.07) is 12.5. The highest BCUT2D eigenvalue weighted by atomic mass is 32.1. The zero-order valence-electron chi connectivity index (χ0n) is 13.5. The molecular weight excluding hydrogens is 370 g/mol. The summed E-state index contributed by atoms with van der Waals surface area (Å²) < 4.78 is 6.37. The van der Waals surface area contributed by atoms with E-state index in [1.54, 1.807) is 34.0 Å². The molecule has 126 valence electrons. The molecular formula is C19H15NO2S3. The first-order valence-electron chi connectivity index (χ1n) is 7.91. The Kier molecular flexibility index (Phi) is 4.65. The number of hydrogen-bond donors (Lipinski definition) is 0. The van der Waals surface area contributed by atoms with Crippen molar-refractivity contribution in [1.82, 2.24) is 4.98 Å². The van der Waals surface area contributed by atoms with Gasteiger partial charge in [-0.05, 0) is 35.9 Å². The third kappa shape index (κ3) is 3.38. The molecule has 0 saturated heterocycles. The lowest BCUT2D eigenvalue weighted by molar-refractivity contribution is -0.142. The monoisotopic (exact) mass is 385 g/mol. The quantitative estimate of drug-likeness (QED) is 0.404. The second-order valence-electron chi connectivity index (χ2n) is 5.43. The molecule has 3 aromatic heterocycles. The van der Waals surface area contributed by atoms with Gasteiger partial charge in [0.25, 0.3) is 0 Å². The van der Waals surface area contributed by atoms with E-state index < -0.39 is 0 Å². The average Bonchev–Trinajstić information content (AvgIpc) is 3.33. The Hall–Kier alpha value is -2.02. The summed E-state index contributed by atoms with van der Waals surface area (Å²) >= 11 is 4.95.